The van der Waals surface area contributed by atoms with Crippen LogP contribution in [0.3, 0.4) is 0 Å². The quantitative estimate of drug-likeness (QED) is 0.674. The number of hydrogen-bond donors (Lipinski definition) is 0. The van der Waals surface area contributed by atoms with E-state index < -0.39 is 8.25 Å². The fourth-order valence-electron chi connectivity index (χ4n) is 0.878. The number of hydrogen-bond acceptors (Lipinski definition) is 5. The van der Waals surface area contributed by atoms with Crippen molar-refractivity contribution in [1.82, 2.24) is 9.80 Å². The van der Waals surface area contributed by atoms with E-state index in [-0.39, 0.29) is 0 Å². The summed E-state index contributed by atoms with van der Waals surface area (Å²) in [4.78, 5) is 4.41. The maximum atomic E-state index is 9.92. The molecule has 84 valence electrons. The Hall–Kier alpha value is -0.510. The van der Waals surface area contributed by atoms with Crippen LogP contribution >= 0.6 is 8.25 Å². The zero-order chi connectivity index (χ0) is 11.0. The van der Waals surface area contributed by atoms with Crippen molar-refractivity contribution >= 4 is 8.25 Å². The van der Waals surface area contributed by atoms with Gasteiger partial charge < -0.3 is 18.8 Å². The predicted octanol–water partition coefficient (Wildman–Crippen LogP) is 1.35. The summed E-state index contributed by atoms with van der Waals surface area (Å²) in [5.41, 5.74) is 0. The van der Waals surface area contributed by atoms with E-state index in [4.69, 9.17) is 0 Å². The first-order valence-electron chi connectivity index (χ1n) is 4.38. The topological polar surface area (TPSA) is 42.0 Å². The summed E-state index contributed by atoms with van der Waals surface area (Å²) in [6.45, 7) is 4.32. The highest BCUT2D eigenvalue weighted by atomic mass is 31.1. The van der Waals surface area contributed by atoms with Crippen molar-refractivity contribution < 1.29 is 13.6 Å². The van der Waals surface area contributed by atoms with Gasteiger partial charge in [-0.1, -0.05) is 0 Å². The van der Waals surface area contributed by atoms with E-state index >= 15 is 0 Å². The maximum absolute atomic E-state index is 9.92. The van der Waals surface area contributed by atoms with Crippen molar-refractivity contribution in [1.29, 1.82) is 0 Å². The third-order valence-electron chi connectivity index (χ3n) is 1.68. The molecular weight excluding hydrogens is 203 g/mol. The predicted molar refractivity (Wildman–Crippen MR) is 57.2 cm³/mol. The summed E-state index contributed by atoms with van der Waals surface area (Å²) in [6.07, 6.45) is 4.20. The third kappa shape index (κ3) is 6.02. The summed E-state index contributed by atoms with van der Waals surface area (Å²) < 4.78 is 18.4. The molecule has 1 aliphatic heterocycles. The van der Waals surface area contributed by atoms with Gasteiger partial charge in [0.1, 0.15) is 0 Å². The van der Waals surface area contributed by atoms with E-state index in [2.05, 4.69) is 45.2 Å². The summed E-state index contributed by atoms with van der Waals surface area (Å²) >= 11 is 0. The van der Waals surface area contributed by atoms with E-state index in [1.807, 2.05) is 0 Å². The molecule has 0 aromatic carbocycles. The smallest absolute Gasteiger partial charge is 0.318 e. The first-order valence-corrected chi connectivity index (χ1v) is 5.61. The Morgan fingerprint density at radius 3 is 2.07 bits per heavy atom. The highest BCUT2D eigenvalue weighted by molar-refractivity contribution is 7.33. The Morgan fingerprint density at radius 2 is 1.93 bits per heavy atom. The molecular formula is C8H19N2O3P. The molecule has 0 unspecified atom stereocenters. The van der Waals surface area contributed by atoms with Gasteiger partial charge in [-0.05, 0) is 6.92 Å². The summed E-state index contributed by atoms with van der Waals surface area (Å²) in [5, 5.41) is 0. The van der Waals surface area contributed by atoms with Crippen LogP contribution in [-0.4, -0.2) is 44.3 Å². The summed E-state index contributed by atoms with van der Waals surface area (Å²) in [7, 11) is 2.63. The molecule has 0 fully saturated rings. The largest absolute Gasteiger partial charge is 0.362 e. The molecule has 0 aliphatic carbocycles. The molecule has 0 radical (unpaired) electrons. The fraction of sp³-hybridized carbons (Fsp3) is 0.750. The second kappa shape index (κ2) is 7.85. The zero-order valence-corrected chi connectivity index (χ0v) is 10.2. The minimum atomic E-state index is -2.12. The molecule has 1 aliphatic rings. The molecule has 0 atom stereocenters. The Morgan fingerprint density at radius 1 is 1.36 bits per heavy atom. The van der Waals surface area contributed by atoms with Crippen LogP contribution < -0.4 is 0 Å². The Labute approximate surface area is 86.2 Å². The van der Waals surface area contributed by atoms with Crippen LogP contribution in [0, 0.1) is 0 Å². The molecule has 0 amide bonds. The van der Waals surface area contributed by atoms with Crippen LogP contribution in [0.4, 0.5) is 0 Å². The van der Waals surface area contributed by atoms with Crippen molar-refractivity contribution in [3.05, 3.63) is 12.4 Å². The lowest BCUT2D eigenvalue weighted by Gasteiger charge is -2.14. The fourth-order valence-corrected chi connectivity index (χ4v) is 1.04. The zero-order valence-electron chi connectivity index (χ0n) is 9.19. The molecule has 0 N–H and O–H groups in total. The SMILES string of the molecule is CCN1C=CN(C)C1.CO[PH](=O)OC. The van der Waals surface area contributed by atoms with Crippen LogP contribution in [0.2, 0.25) is 0 Å². The summed E-state index contributed by atoms with van der Waals surface area (Å²) in [5.74, 6) is 0. The number of nitrogens with zero attached hydrogens (tertiary/aromatic N) is 2. The van der Waals surface area contributed by atoms with Crippen LogP contribution in [0.5, 0.6) is 0 Å². The highest BCUT2D eigenvalue weighted by Gasteiger charge is 2.03. The van der Waals surface area contributed by atoms with E-state index in [9.17, 15) is 4.57 Å². The van der Waals surface area contributed by atoms with Gasteiger partial charge in [0.2, 0.25) is 0 Å². The van der Waals surface area contributed by atoms with Crippen LogP contribution in [0.25, 0.3) is 0 Å². The second-order valence-corrected chi connectivity index (χ2v) is 4.08. The van der Waals surface area contributed by atoms with Gasteiger partial charge >= 0.3 is 8.25 Å². The van der Waals surface area contributed by atoms with Crippen molar-refractivity contribution in [3.63, 3.8) is 0 Å². The van der Waals surface area contributed by atoms with Gasteiger partial charge in [0.15, 0.2) is 0 Å². The molecule has 5 nitrogen and oxygen atoms in total. The molecule has 0 spiro atoms. The normalized spacial score (nSPS) is 14.6. The van der Waals surface area contributed by atoms with Crippen LogP contribution in [0.15, 0.2) is 12.4 Å². The average molecular weight is 222 g/mol. The van der Waals surface area contributed by atoms with Crippen LogP contribution in [-0.2, 0) is 13.6 Å². The van der Waals surface area contributed by atoms with Crippen molar-refractivity contribution in [2.24, 2.45) is 0 Å². The molecule has 0 saturated heterocycles. The Kier molecular flexibility index (Phi) is 7.57. The van der Waals surface area contributed by atoms with E-state index in [0.29, 0.717) is 0 Å². The number of rotatable bonds is 3. The van der Waals surface area contributed by atoms with Gasteiger partial charge in [-0.2, -0.15) is 0 Å². The Bertz CT molecular complexity index is 193. The van der Waals surface area contributed by atoms with Gasteiger partial charge in [-0.15, -0.1) is 0 Å². The molecule has 0 aromatic heterocycles. The van der Waals surface area contributed by atoms with Crippen molar-refractivity contribution in [3.8, 4) is 0 Å². The maximum Gasteiger partial charge on any atom is 0.318 e. The average Bonchev–Trinajstić information content (AvgIpc) is 2.64. The summed E-state index contributed by atoms with van der Waals surface area (Å²) in [6, 6.07) is 0. The van der Waals surface area contributed by atoms with Gasteiger partial charge in [0, 0.05) is 40.2 Å². The third-order valence-corrected chi connectivity index (χ3v) is 2.34. The second-order valence-electron chi connectivity index (χ2n) is 2.76. The molecule has 0 aromatic rings. The van der Waals surface area contributed by atoms with Crippen molar-refractivity contribution in [2.75, 3.05) is 34.5 Å². The molecule has 6 heteroatoms. The van der Waals surface area contributed by atoms with E-state index in [1.165, 1.54) is 14.2 Å². The van der Waals surface area contributed by atoms with Gasteiger partial charge in [0.05, 0.1) is 6.67 Å². The Balaban J connectivity index is 0.000000255. The lowest BCUT2D eigenvalue weighted by atomic mass is 10.6. The van der Waals surface area contributed by atoms with Gasteiger partial charge in [0.25, 0.3) is 0 Å². The first-order chi connectivity index (χ1) is 6.63. The lowest BCUT2D eigenvalue weighted by molar-refractivity contribution is 0.302. The van der Waals surface area contributed by atoms with E-state index in [1.54, 1.807) is 0 Å². The van der Waals surface area contributed by atoms with E-state index in [0.717, 1.165) is 13.2 Å². The standard InChI is InChI=1S/C6H12N2.C2H7O3P/c1-3-8-5-4-7(2)6-8;1-4-6(3)5-2/h4-5H,3,6H2,1-2H3;6H,1-2H3. The highest BCUT2D eigenvalue weighted by Crippen LogP contribution is 2.18. The van der Waals surface area contributed by atoms with Crippen molar-refractivity contribution in [2.45, 2.75) is 6.92 Å². The first kappa shape index (κ1) is 13.5. The van der Waals surface area contributed by atoms with Crippen LogP contribution in [0.1, 0.15) is 6.92 Å². The minimum Gasteiger partial charge on any atom is -0.362 e. The molecule has 14 heavy (non-hydrogen) atoms. The monoisotopic (exact) mass is 222 g/mol. The lowest BCUT2D eigenvalue weighted by Crippen LogP contribution is -2.21. The van der Waals surface area contributed by atoms with Gasteiger partial charge in [-0.3, -0.25) is 4.57 Å². The molecule has 0 bridgehead atoms. The molecule has 1 heterocycles. The minimum absolute atomic E-state index is 1.05. The molecule has 1 rings (SSSR count). The molecule has 0 saturated carbocycles. The van der Waals surface area contributed by atoms with Gasteiger partial charge in [-0.25, -0.2) is 0 Å².